The minimum atomic E-state index is -0.481. The Hall–Kier alpha value is -6.96. The van der Waals surface area contributed by atoms with Crippen molar-refractivity contribution in [3.05, 3.63) is 247 Å². The zero-order valence-electron chi connectivity index (χ0n) is 29.8. The van der Waals surface area contributed by atoms with E-state index >= 15 is 0 Å². The van der Waals surface area contributed by atoms with E-state index in [1.165, 1.54) is 66.4 Å². The molecule has 1 aliphatic carbocycles. The molecule has 0 bridgehead atoms. The molecule has 54 heavy (non-hydrogen) atoms. The van der Waals surface area contributed by atoms with Gasteiger partial charge in [-0.1, -0.05) is 188 Å². The molecule has 0 N–H and O–H groups in total. The number of para-hydroxylation sites is 1. The largest absolute Gasteiger partial charge is 0.310 e. The van der Waals surface area contributed by atoms with Crippen molar-refractivity contribution in [2.45, 2.75) is 5.41 Å². The summed E-state index contributed by atoms with van der Waals surface area (Å²) in [6.07, 6.45) is 0. The van der Waals surface area contributed by atoms with Crippen LogP contribution in [0, 0.1) is 0 Å². The lowest BCUT2D eigenvalue weighted by Crippen LogP contribution is -2.28. The van der Waals surface area contributed by atoms with Gasteiger partial charge in [0.15, 0.2) is 0 Å². The molecule has 1 aliphatic rings. The van der Waals surface area contributed by atoms with Crippen molar-refractivity contribution in [1.29, 1.82) is 0 Å². The third-order valence-electron chi connectivity index (χ3n) is 11.1. The Morgan fingerprint density at radius 3 is 1.46 bits per heavy atom. The molecule has 0 heterocycles. The van der Waals surface area contributed by atoms with Crippen LogP contribution >= 0.6 is 0 Å². The average Bonchev–Trinajstić information content (AvgIpc) is 3.55. The first-order valence-corrected chi connectivity index (χ1v) is 18.7. The normalized spacial score (nSPS) is 12.6. The van der Waals surface area contributed by atoms with Gasteiger partial charge in [0.2, 0.25) is 0 Å². The average molecular weight is 688 g/mol. The molecule has 0 aliphatic heterocycles. The van der Waals surface area contributed by atoms with E-state index in [1.54, 1.807) is 0 Å². The van der Waals surface area contributed by atoms with Gasteiger partial charge in [0, 0.05) is 17.1 Å². The fraction of sp³-hybridized carbons (Fsp3) is 0.0189. The van der Waals surface area contributed by atoms with Crippen LogP contribution in [-0.4, -0.2) is 0 Å². The number of hydrogen-bond donors (Lipinski definition) is 0. The predicted molar refractivity (Wildman–Crippen MR) is 227 cm³/mol. The molecular formula is C53H37N. The third kappa shape index (κ3) is 5.09. The fourth-order valence-corrected chi connectivity index (χ4v) is 8.85. The van der Waals surface area contributed by atoms with Crippen LogP contribution in [0.5, 0.6) is 0 Å². The van der Waals surface area contributed by atoms with Crippen LogP contribution in [0.15, 0.2) is 224 Å². The maximum atomic E-state index is 2.44. The van der Waals surface area contributed by atoms with Crippen molar-refractivity contribution in [3.63, 3.8) is 0 Å². The van der Waals surface area contributed by atoms with E-state index in [1.807, 2.05) is 0 Å². The van der Waals surface area contributed by atoms with Gasteiger partial charge < -0.3 is 4.90 Å². The minimum Gasteiger partial charge on any atom is -0.310 e. The van der Waals surface area contributed by atoms with E-state index < -0.39 is 5.41 Å². The van der Waals surface area contributed by atoms with Crippen molar-refractivity contribution in [2.75, 3.05) is 4.90 Å². The van der Waals surface area contributed by atoms with E-state index in [4.69, 9.17) is 0 Å². The van der Waals surface area contributed by atoms with Crippen molar-refractivity contribution in [1.82, 2.24) is 0 Å². The molecule has 0 spiro atoms. The van der Waals surface area contributed by atoms with Gasteiger partial charge in [0.1, 0.15) is 0 Å². The third-order valence-corrected chi connectivity index (χ3v) is 11.1. The topological polar surface area (TPSA) is 3.24 Å². The Balaban J connectivity index is 1.20. The molecule has 0 radical (unpaired) electrons. The van der Waals surface area contributed by atoms with Crippen molar-refractivity contribution >= 4 is 27.8 Å². The monoisotopic (exact) mass is 687 g/mol. The standard InChI is InChI=1S/C53H37N/c1-5-18-38(19-6-1)46-31-16-20-39-21-17-32-47(52(39)46)40-22-15-29-44(36-40)54(43-27-11-4-12-28-43)45-34-35-49-48-30-13-14-33-50(48)53(51(49)37-45,41-23-7-2-8-24-41)42-25-9-3-10-26-42/h1-37H. The molecule has 9 aromatic rings. The first-order valence-electron chi connectivity index (χ1n) is 18.7. The van der Waals surface area contributed by atoms with E-state index in [2.05, 4.69) is 229 Å². The van der Waals surface area contributed by atoms with E-state index in [0.29, 0.717) is 0 Å². The summed E-state index contributed by atoms with van der Waals surface area (Å²) in [5.74, 6) is 0. The maximum absolute atomic E-state index is 2.44. The maximum Gasteiger partial charge on any atom is 0.0714 e. The molecular weight excluding hydrogens is 651 g/mol. The smallest absolute Gasteiger partial charge is 0.0714 e. The minimum absolute atomic E-state index is 0.481. The molecule has 9 aromatic carbocycles. The van der Waals surface area contributed by atoms with Gasteiger partial charge >= 0.3 is 0 Å². The number of rotatable bonds is 7. The Morgan fingerprint density at radius 2 is 0.778 bits per heavy atom. The number of hydrogen-bond acceptors (Lipinski definition) is 1. The molecule has 10 rings (SSSR count). The van der Waals surface area contributed by atoms with Crippen molar-refractivity contribution in [2.24, 2.45) is 0 Å². The van der Waals surface area contributed by atoms with Crippen LogP contribution in [0.2, 0.25) is 0 Å². The van der Waals surface area contributed by atoms with Gasteiger partial charge in [0.25, 0.3) is 0 Å². The second kappa shape index (κ2) is 13.2. The van der Waals surface area contributed by atoms with E-state index in [9.17, 15) is 0 Å². The second-order valence-corrected chi connectivity index (χ2v) is 14.1. The van der Waals surface area contributed by atoms with Crippen molar-refractivity contribution in [3.8, 4) is 33.4 Å². The summed E-state index contributed by atoms with van der Waals surface area (Å²) in [4.78, 5) is 2.41. The van der Waals surface area contributed by atoms with Crippen LogP contribution in [0.4, 0.5) is 17.1 Å². The lowest BCUT2D eigenvalue weighted by atomic mass is 9.67. The zero-order valence-corrected chi connectivity index (χ0v) is 29.8. The summed E-state index contributed by atoms with van der Waals surface area (Å²) in [5.41, 5.74) is 15.4. The first-order chi connectivity index (χ1) is 26.8. The van der Waals surface area contributed by atoms with Crippen LogP contribution in [0.3, 0.4) is 0 Å². The van der Waals surface area contributed by atoms with Crippen LogP contribution in [-0.2, 0) is 5.41 Å². The predicted octanol–water partition coefficient (Wildman–Crippen LogP) is 14.0. The molecule has 0 amide bonds. The van der Waals surface area contributed by atoms with Gasteiger partial charge in [-0.05, 0) is 103 Å². The highest BCUT2D eigenvalue weighted by Crippen LogP contribution is 2.57. The first kappa shape index (κ1) is 31.7. The summed E-state index contributed by atoms with van der Waals surface area (Å²) < 4.78 is 0. The highest BCUT2D eigenvalue weighted by Gasteiger charge is 2.46. The summed E-state index contributed by atoms with van der Waals surface area (Å²) in [7, 11) is 0. The lowest BCUT2D eigenvalue weighted by molar-refractivity contribution is 0.768. The quantitative estimate of drug-likeness (QED) is 0.161. The molecule has 0 atom stereocenters. The molecule has 1 heteroatoms. The van der Waals surface area contributed by atoms with Gasteiger partial charge in [0.05, 0.1) is 5.41 Å². The van der Waals surface area contributed by atoms with Crippen LogP contribution < -0.4 is 4.90 Å². The number of anilines is 3. The van der Waals surface area contributed by atoms with Gasteiger partial charge in [-0.2, -0.15) is 0 Å². The summed E-state index contributed by atoms with van der Waals surface area (Å²) in [5, 5.41) is 2.50. The fourth-order valence-electron chi connectivity index (χ4n) is 8.85. The van der Waals surface area contributed by atoms with Crippen LogP contribution in [0.1, 0.15) is 22.3 Å². The Kier molecular flexibility index (Phi) is 7.78. The molecule has 254 valence electrons. The Labute approximate surface area is 317 Å². The highest BCUT2D eigenvalue weighted by molar-refractivity contribution is 6.06. The molecule has 0 aromatic heterocycles. The summed E-state index contributed by atoms with van der Waals surface area (Å²) in [6.45, 7) is 0. The van der Waals surface area contributed by atoms with Crippen LogP contribution in [0.25, 0.3) is 44.2 Å². The molecule has 0 unspecified atom stereocenters. The summed E-state index contributed by atoms with van der Waals surface area (Å²) >= 11 is 0. The Bertz CT molecular complexity index is 2710. The van der Waals surface area contributed by atoms with E-state index in [-0.39, 0.29) is 0 Å². The molecule has 0 saturated heterocycles. The molecule has 0 saturated carbocycles. The Morgan fingerprint density at radius 1 is 0.296 bits per heavy atom. The highest BCUT2D eigenvalue weighted by atomic mass is 15.1. The molecule has 1 nitrogen and oxygen atoms in total. The summed E-state index contributed by atoms with van der Waals surface area (Å²) in [6, 6.07) is 82.0. The van der Waals surface area contributed by atoms with Gasteiger partial charge in [-0.25, -0.2) is 0 Å². The van der Waals surface area contributed by atoms with E-state index in [0.717, 1.165) is 17.1 Å². The number of benzene rings is 9. The van der Waals surface area contributed by atoms with Gasteiger partial charge in [-0.3, -0.25) is 0 Å². The van der Waals surface area contributed by atoms with Gasteiger partial charge in [-0.15, -0.1) is 0 Å². The van der Waals surface area contributed by atoms with Crippen molar-refractivity contribution < 1.29 is 0 Å². The zero-order chi connectivity index (χ0) is 35.9. The number of nitrogens with zero attached hydrogens (tertiary/aromatic N) is 1. The molecule has 0 fully saturated rings. The SMILES string of the molecule is c1ccc(-c2cccc3cccc(-c4cccc(N(c5ccccc5)c5ccc6c(c5)C(c5ccccc5)(c5ccccc5)c5ccccc5-6)c4)c23)cc1. The second-order valence-electron chi connectivity index (χ2n) is 14.1. The number of fused-ring (bicyclic) bond motifs is 4. The lowest BCUT2D eigenvalue weighted by Gasteiger charge is -2.35.